The van der Waals surface area contributed by atoms with E-state index in [1.54, 1.807) is 39.5 Å². The van der Waals surface area contributed by atoms with E-state index in [1.165, 1.54) is 7.11 Å². The normalized spacial score (nSPS) is 15.8. The van der Waals surface area contributed by atoms with Crippen LogP contribution in [0.25, 0.3) is 0 Å². The maximum Gasteiger partial charge on any atom is 0.306 e. The van der Waals surface area contributed by atoms with Crippen molar-refractivity contribution in [2.45, 2.75) is 96.7 Å². The molecule has 46 heavy (non-hydrogen) atoms. The van der Waals surface area contributed by atoms with Gasteiger partial charge in [0.1, 0.15) is 18.3 Å². The number of hydrogen-bond acceptors (Lipinski definition) is 8. The second-order valence-corrected chi connectivity index (χ2v) is 17.7. The van der Waals surface area contributed by atoms with Crippen molar-refractivity contribution < 1.29 is 38.0 Å². The van der Waals surface area contributed by atoms with Gasteiger partial charge in [0.15, 0.2) is 8.32 Å². The molecule has 0 heterocycles. The van der Waals surface area contributed by atoms with Crippen LogP contribution >= 0.6 is 0 Å². The molecule has 10 heteroatoms. The molecule has 0 saturated heterocycles. The van der Waals surface area contributed by atoms with Gasteiger partial charge in [-0.3, -0.25) is 4.79 Å². The summed E-state index contributed by atoms with van der Waals surface area (Å²) < 4.78 is 34.8. The van der Waals surface area contributed by atoms with E-state index in [4.69, 9.17) is 39.0 Å². The molecule has 0 aliphatic heterocycles. The van der Waals surface area contributed by atoms with E-state index in [9.17, 15) is 4.79 Å². The number of carboxylic acid groups (broad SMARTS) is 1. The lowest BCUT2D eigenvalue weighted by atomic mass is 9.90. The zero-order chi connectivity index (χ0) is 34.9. The minimum absolute atomic E-state index is 0.0227. The van der Waals surface area contributed by atoms with Crippen LogP contribution in [0.2, 0.25) is 18.1 Å². The Morgan fingerprint density at radius 3 is 2.28 bits per heavy atom. The number of methoxy groups -OCH3 is 4. The second-order valence-electron chi connectivity index (χ2n) is 13.0. The van der Waals surface area contributed by atoms with Crippen molar-refractivity contribution >= 4 is 20.0 Å². The van der Waals surface area contributed by atoms with Gasteiger partial charge in [-0.15, -0.1) is 0 Å². The van der Waals surface area contributed by atoms with E-state index in [0.717, 1.165) is 24.0 Å². The summed E-state index contributed by atoms with van der Waals surface area (Å²) in [4.78, 5) is 11.0. The van der Waals surface area contributed by atoms with Crippen molar-refractivity contribution in [3.63, 3.8) is 0 Å². The highest BCUT2D eigenvalue weighted by Gasteiger charge is 2.41. The molecule has 260 valence electrons. The zero-order valence-electron chi connectivity index (χ0n) is 29.9. The predicted molar refractivity (Wildman–Crippen MR) is 189 cm³/mol. The maximum atomic E-state index is 11.0. The number of anilines is 1. The van der Waals surface area contributed by atoms with Crippen molar-refractivity contribution in [2.24, 2.45) is 5.92 Å². The van der Waals surface area contributed by atoms with Gasteiger partial charge in [0, 0.05) is 31.8 Å². The van der Waals surface area contributed by atoms with Gasteiger partial charge in [-0.2, -0.15) is 0 Å². The first kappa shape index (κ1) is 41.1. The third-order valence-electron chi connectivity index (χ3n) is 8.46. The van der Waals surface area contributed by atoms with Gasteiger partial charge in [0.2, 0.25) is 0 Å². The van der Waals surface area contributed by atoms with Gasteiger partial charge < -0.3 is 39.0 Å². The summed E-state index contributed by atoms with van der Waals surface area (Å²) in [5, 5.41) is 9.03. The highest BCUT2D eigenvalue weighted by atomic mass is 28.4. The van der Waals surface area contributed by atoms with Crippen molar-refractivity contribution in [2.75, 3.05) is 41.0 Å². The molecular formula is C36H59NO8Si. The van der Waals surface area contributed by atoms with E-state index in [0.29, 0.717) is 23.6 Å². The quantitative estimate of drug-likeness (QED) is 0.0449. The minimum Gasteiger partial charge on any atom is -0.497 e. The highest BCUT2D eigenvalue weighted by Crippen LogP contribution is 2.39. The second kappa shape index (κ2) is 20.4. The van der Waals surface area contributed by atoms with Crippen molar-refractivity contribution in [3.8, 4) is 11.5 Å². The Morgan fingerprint density at radius 1 is 1.04 bits per heavy atom. The fourth-order valence-electron chi connectivity index (χ4n) is 4.78. The van der Waals surface area contributed by atoms with E-state index < -0.39 is 20.4 Å². The summed E-state index contributed by atoms with van der Waals surface area (Å²) >= 11 is 0. The first-order chi connectivity index (χ1) is 21.6. The molecule has 3 N–H and O–H groups in total. The van der Waals surface area contributed by atoms with Gasteiger partial charge in [-0.1, -0.05) is 70.2 Å². The fourth-order valence-corrected chi connectivity index (χ4v) is 6.20. The summed E-state index contributed by atoms with van der Waals surface area (Å²) in [6.45, 7) is 15.7. The summed E-state index contributed by atoms with van der Waals surface area (Å²) in [6.07, 6.45) is 14.9. The Morgan fingerprint density at radius 2 is 1.72 bits per heavy atom. The van der Waals surface area contributed by atoms with Crippen LogP contribution in [-0.4, -0.2) is 72.9 Å². The van der Waals surface area contributed by atoms with Crippen LogP contribution in [0, 0.1) is 5.92 Å². The van der Waals surface area contributed by atoms with Crippen LogP contribution in [0.1, 0.15) is 59.4 Å². The number of allylic oxidation sites excluding steroid dienone is 5. The number of nitrogens with two attached hydrogens (primary N) is 1. The molecule has 0 aliphatic rings. The predicted octanol–water partition coefficient (Wildman–Crippen LogP) is 7.73. The Hall–Kier alpha value is -2.89. The van der Waals surface area contributed by atoms with Gasteiger partial charge >= 0.3 is 5.97 Å². The van der Waals surface area contributed by atoms with Crippen LogP contribution < -0.4 is 15.2 Å². The molecule has 0 aliphatic carbocycles. The molecule has 0 unspecified atom stereocenters. The zero-order valence-corrected chi connectivity index (χ0v) is 30.9. The fraction of sp³-hybridized carbons (Fsp3) is 0.583. The van der Waals surface area contributed by atoms with Crippen molar-refractivity contribution in [3.05, 3.63) is 65.8 Å². The van der Waals surface area contributed by atoms with Crippen molar-refractivity contribution in [1.82, 2.24) is 0 Å². The lowest BCUT2D eigenvalue weighted by Gasteiger charge is -2.42. The molecule has 0 aromatic heterocycles. The van der Waals surface area contributed by atoms with Gasteiger partial charge in [0.05, 0.1) is 44.6 Å². The van der Waals surface area contributed by atoms with Gasteiger partial charge in [0.25, 0.3) is 0 Å². The van der Waals surface area contributed by atoms with Crippen LogP contribution in [-0.2, 0) is 29.9 Å². The van der Waals surface area contributed by atoms with Gasteiger partial charge in [-0.25, -0.2) is 0 Å². The topological polar surface area (TPSA) is 119 Å². The number of benzene rings is 1. The van der Waals surface area contributed by atoms with Crippen LogP contribution in [0.15, 0.2) is 60.2 Å². The molecule has 0 bridgehead atoms. The van der Waals surface area contributed by atoms with Crippen molar-refractivity contribution in [1.29, 1.82) is 0 Å². The lowest BCUT2D eigenvalue weighted by Crippen LogP contribution is -2.47. The molecule has 0 spiro atoms. The number of carboxylic acids is 1. The van der Waals surface area contributed by atoms with Crippen LogP contribution in [0.3, 0.4) is 0 Å². The van der Waals surface area contributed by atoms with E-state index in [1.807, 2.05) is 24.3 Å². The SMILES string of the molecule is COCO[C@@H](/C(C)=C\CCc1cc(OC)cc(N)c1OC)[C@@H](C)[C@H](C/C=C/C=C/C=C/[C@@H](CC(=O)O)OC)O[Si](C)(C)C(C)(C)C. The van der Waals surface area contributed by atoms with E-state index >= 15 is 0 Å². The summed E-state index contributed by atoms with van der Waals surface area (Å²) in [6, 6.07) is 3.73. The Balaban J connectivity index is 3.22. The molecule has 1 rings (SSSR count). The number of ether oxygens (including phenoxy) is 5. The molecule has 0 amide bonds. The smallest absolute Gasteiger partial charge is 0.306 e. The standard InChI is InChI=1S/C36H59NO8Si/c1-26(18-17-19-28-22-30(42-8)23-31(37)35(28)43-9)34(44-25-40-6)27(2)32(45-46(10,11)36(3,4)5)21-16-14-12-13-15-20-29(41-7)24-33(38)39/h12-16,18,20,22-23,27,29,32,34H,17,19,21,24-25,37H2,1-11H3,(H,38,39)/b13-12+,16-14+,20-15+,26-18-/t27-,29-,32-,34-/m0/s1. The molecule has 0 fully saturated rings. The number of hydrogen-bond donors (Lipinski definition) is 2. The Labute approximate surface area is 278 Å². The maximum absolute atomic E-state index is 11.0. The molecule has 0 saturated carbocycles. The summed E-state index contributed by atoms with van der Waals surface area (Å²) in [7, 11) is 4.26. The van der Waals surface area contributed by atoms with E-state index in [2.05, 4.69) is 59.9 Å². The van der Waals surface area contributed by atoms with Gasteiger partial charge in [-0.05, 0) is 56.0 Å². The first-order valence-electron chi connectivity index (χ1n) is 15.8. The number of rotatable bonds is 21. The Bertz CT molecular complexity index is 1190. The lowest BCUT2D eigenvalue weighted by molar-refractivity contribution is -0.138. The molecule has 4 atom stereocenters. The summed E-state index contributed by atoms with van der Waals surface area (Å²) in [5.74, 6) is 0.494. The van der Waals surface area contributed by atoms with E-state index in [-0.39, 0.29) is 36.4 Å². The summed E-state index contributed by atoms with van der Waals surface area (Å²) in [5.41, 5.74) is 8.84. The number of aryl methyl sites for hydroxylation is 1. The first-order valence-corrected chi connectivity index (χ1v) is 18.7. The molecule has 1 aromatic carbocycles. The third-order valence-corrected chi connectivity index (χ3v) is 13.0. The average molecular weight is 662 g/mol. The number of nitrogen functional groups attached to an aromatic ring is 1. The largest absolute Gasteiger partial charge is 0.497 e. The molecule has 0 radical (unpaired) electrons. The monoisotopic (exact) mass is 661 g/mol. The third kappa shape index (κ3) is 13.8. The number of carbonyl (C=O) groups is 1. The van der Waals surface area contributed by atoms with Crippen LogP contribution in [0.4, 0.5) is 5.69 Å². The minimum atomic E-state index is -2.12. The Kier molecular flexibility index (Phi) is 18.2. The van der Waals surface area contributed by atoms with Crippen LogP contribution in [0.5, 0.6) is 11.5 Å². The molecule has 1 aromatic rings. The number of aliphatic carboxylic acids is 1. The molecule has 9 nitrogen and oxygen atoms in total. The average Bonchev–Trinajstić information content (AvgIpc) is 2.98. The molecular weight excluding hydrogens is 602 g/mol. The highest BCUT2D eigenvalue weighted by molar-refractivity contribution is 6.74.